The summed E-state index contributed by atoms with van der Waals surface area (Å²) in [5.41, 5.74) is 0.850. The fraction of sp³-hybridized carbons (Fsp3) is 0.625. The van der Waals surface area contributed by atoms with Crippen molar-refractivity contribution in [3.05, 3.63) is 16.1 Å². The number of thiazole rings is 1. The zero-order valence-corrected chi connectivity index (χ0v) is 8.20. The minimum Gasteiger partial charge on any atom is -0.306 e. The van der Waals surface area contributed by atoms with E-state index in [4.69, 9.17) is 0 Å². The van der Waals surface area contributed by atoms with Crippen LogP contribution in [0.15, 0.2) is 5.38 Å². The van der Waals surface area contributed by atoms with Gasteiger partial charge < -0.3 is 5.32 Å². The molecule has 0 fully saturated rings. The largest absolute Gasteiger partial charge is 0.306 e. The number of hydrogen-bond donors (Lipinski definition) is 1. The molecule has 0 atom stereocenters. The minimum atomic E-state index is -2.29. The summed E-state index contributed by atoms with van der Waals surface area (Å²) in [6, 6.07) is 0. The van der Waals surface area contributed by atoms with Gasteiger partial charge in [-0.3, -0.25) is 0 Å². The van der Waals surface area contributed by atoms with E-state index in [1.54, 1.807) is 11.3 Å². The van der Waals surface area contributed by atoms with Gasteiger partial charge in [0.1, 0.15) is 0 Å². The second-order valence-electron chi connectivity index (χ2n) is 2.61. The van der Waals surface area contributed by atoms with Crippen LogP contribution in [0.25, 0.3) is 0 Å². The Bertz CT molecular complexity index is 250. The van der Waals surface area contributed by atoms with Crippen LogP contribution in [-0.2, 0) is 13.0 Å². The molecule has 0 radical (unpaired) electrons. The number of aromatic nitrogens is 1. The summed E-state index contributed by atoms with van der Waals surface area (Å²) in [7, 11) is 0. The Balaban J connectivity index is 2.28. The number of nitrogens with zero attached hydrogens (tertiary/aromatic N) is 1. The zero-order chi connectivity index (χ0) is 9.68. The summed E-state index contributed by atoms with van der Waals surface area (Å²) in [5.74, 6) is 0. The minimum absolute atomic E-state index is 0.265. The fourth-order valence-electron chi connectivity index (χ4n) is 0.902. The average molecular weight is 206 g/mol. The highest BCUT2D eigenvalue weighted by Crippen LogP contribution is 2.09. The first-order chi connectivity index (χ1) is 6.22. The molecule has 0 spiro atoms. The van der Waals surface area contributed by atoms with Gasteiger partial charge in [-0.15, -0.1) is 11.3 Å². The van der Waals surface area contributed by atoms with Crippen LogP contribution in [0.4, 0.5) is 8.78 Å². The molecule has 1 aromatic rings. The molecule has 1 aromatic heterocycles. The molecule has 1 rings (SSSR count). The number of halogens is 2. The van der Waals surface area contributed by atoms with Gasteiger partial charge in [0.2, 0.25) is 0 Å². The van der Waals surface area contributed by atoms with Gasteiger partial charge >= 0.3 is 0 Å². The van der Waals surface area contributed by atoms with Crippen molar-refractivity contribution in [2.24, 2.45) is 0 Å². The molecule has 0 saturated heterocycles. The van der Waals surface area contributed by atoms with E-state index in [-0.39, 0.29) is 6.54 Å². The number of hydrogen-bond acceptors (Lipinski definition) is 3. The van der Waals surface area contributed by atoms with Gasteiger partial charge in [0.05, 0.1) is 17.2 Å². The molecule has 74 valence electrons. The molecule has 0 aliphatic rings. The van der Waals surface area contributed by atoms with Crippen molar-refractivity contribution in [3.63, 3.8) is 0 Å². The van der Waals surface area contributed by atoms with Crippen LogP contribution in [0.3, 0.4) is 0 Å². The Morgan fingerprint density at radius 1 is 1.62 bits per heavy atom. The van der Waals surface area contributed by atoms with Crippen molar-refractivity contribution in [1.29, 1.82) is 0 Å². The molecular weight excluding hydrogens is 194 g/mol. The van der Waals surface area contributed by atoms with Gasteiger partial charge in [0, 0.05) is 11.9 Å². The van der Waals surface area contributed by atoms with E-state index in [0.717, 1.165) is 17.1 Å². The van der Waals surface area contributed by atoms with Crippen molar-refractivity contribution in [1.82, 2.24) is 10.3 Å². The number of alkyl halides is 2. The van der Waals surface area contributed by atoms with E-state index in [2.05, 4.69) is 10.3 Å². The van der Waals surface area contributed by atoms with Crippen LogP contribution in [0, 0.1) is 0 Å². The number of aryl methyl sites for hydroxylation is 1. The van der Waals surface area contributed by atoms with E-state index in [1.165, 1.54) is 0 Å². The van der Waals surface area contributed by atoms with Gasteiger partial charge in [0.15, 0.2) is 0 Å². The predicted molar refractivity (Wildman–Crippen MR) is 49.2 cm³/mol. The van der Waals surface area contributed by atoms with Gasteiger partial charge in [-0.2, -0.15) is 0 Å². The van der Waals surface area contributed by atoms with Gasteiger partial charge in [-0.25, -0.2) is 13.8 Å². The molecule has 1 N–H and O–H groups in total. The van der Waals surface area contributed by atoms with Crippen molar-refractivity contribution in [3.8, 4) is 0 Å². The molecule has 0 unspecified atom stereocenters. The number of rotatable bonds is 5. The first-order valence-electron chi connectivity index (χ1n) is 4.14. The van der Waals surface area contributed by atoms with E-state index in [1.807, 2.05) is 12.3 Å². The Kier molecular flexibility index (Phi) is 4.24. The second-order valence-corrected chi connectivity index (χ2v) is 3.55. The Hall–Kier alpha value is -0.550. The SMILES string of the molecule is CCc1nc(CNCC(F)F)cs1. The molecule has 1 heterocycles. The van der Waals surface area contributed by atoms with Crippen LogP contribution in [0.2, 0.25) is 0 Å². The van der Waals surface area contributed by atoms with E-state index >= 15 is 0 Å². The van der Waals surface area contributed by atoms with Crippen molar-refractivity contribution in [2.75, 3.05) is 6.54 Å². The number of nitrogens with one attached hydrogen (secondary N) is 1. The summed E-state index contributed by atoms with van der Waals surface area (Å²) in [6.45, 7) is 2.19. The normalized spacial score (nSPS) is 11.1. The van der Waals surface area contributed by atoms with Gasteiger partial charge in [-0.05, 0) is 6.42 Å². The summed E-state index contributed by atoms with van der Waals surface area (Å²) in [6.07, 6.45) is -1.39. The molecule has 0 aliphatic carbocycles. The van der Waals surface area contributed by atoms with Crippen LogP contribution in [-0.4, -0.2) is 18.0 Å². The van der Waals surface area contributed by atoms with Crippen LogP contribution < -0.4 is 5.32 Å². The molecule has 0 aliphatic heterocycles. The predicted octanol–water partition coefficient (Wildman–Crippen LogP) is 2.06. The second kappa shape index (κ2) is 5.24. The highest BCUT2D eigenvalue weighted by Gasteiger charge is 2.03. The molecular formula is C8H12F2N2S. The van der Waals surface area contributed by atoms with Gasteiger partial charge in [-0.1, -0.05) is 6.92 Å². The lowest BCUT2D eigenvalue weighted by molar-refractivity contribution is 0.145. The Morgan fingerprint density at radius 2 is 2.38 bits per heavy atom. The molecule has 13 heavy (non-hydrogen) atoms. The van der Waals surface area contributed by atoms with Crippen LogP contribution in [0.5, 0.6) is 0 Å². The quantitative estimate of drug-likeness (QED) is 0.797. The third-order valence-electron chi connectivity index (χ3n) is 1.51. The Morgan fingerprint density at radius 3 is 2.92 bits per heavy atom. The maximum absolute atomic E-state index is 11.7. The molecule has 0 amide bonds. The summed E-state index contributed by atoms with van der Waals surface area (Å²) in [5, 5.41) is 5.58. The lowest BCUT2D eigenvalue weighted by Crippen LogP contribution is -2.20. The van der Waals surface area contributed by atoms with Gasteiger partial charge in [0.25, 0.3) is 6.43 Å². The summed E-state index contributed by atoms with van der Waals surface area (Å²) in [4.78, 5) is 4.24. The third-order valence-corrected chi connectivity index (χ3v) is 2.55. The van der Waals surface area contributed by atoms with E-state index in [0.29, 0.717) is 6.54 Å². The molecule has 2 nitrogen and oxygen atoms in total. The van der Waals surface area contributed by atoms with Crippen LogP contribution >= 0.6 is 11.3 Å². The first-order valence-corrected chi connectivity index (χ1v) is 5.02. The lowest BCUT2D eigenvalue weighted by atomic mass is 10.4. The van der Waals surface area contributed by atoms with Crippen molar-refractivity contribution in [2.45, 2.75) is 26.3 Å². The topological polar surface area (TPSA) is 24.9 Å². The van der Waals surface area contributed by atoms with E-state index < -0.39 is 6.43 Å². The lowest BCUT2D eigenvalue weighted by Gasteiger charge is -1.99. The molecule has 5 heteroatoms. The highest BCUT2D eigenvalue weighted by molar-refractivity contribution is 7.09. The summed E-state index contributed by atoms with van der Waals surface area (Å²) >= 11 is 1.57. The summed E-state index contributed by atoms with van der Waals surface area (Å²) < 4.78 is 23.5. The third kappa shape index (κ3) is 3.78. The van der Waals surface area contributed by atoms with Crippen molar-refractivity contribution >= 4 is 11.3 Å². The molecule has 0 saturated carbocycles. The molecule has 0 aromatic carbocycles. The maximum Gasteiger partial charge on any atom is 0.250 e. The highest BCUT2D eigenvalue weighted by atomic mass is 32.1. The zero-order valence-electron chi connectivity index (χ0n) is 7.39. The van der Waals surface area contributed by atoms with Crippen molar-refractivity contribution < 1.29 is 8.78 Å². The van der Waals surface area contributed by atoms with Crippen LogP contribution in [0.1, 0.15) is 17.6 Å². The maximum atomic E-state index is 11.7. The average Bonchev–Trinajstić information content (AvgIpc) is 2.52. The standard InChI is InChI=1S/C8H12F2N2S/c1-2-8-12-6(5-13-8)3-11-4-7(9)10/h5,7,11H,2-4H2,1H3. The molecule has 0 bridgehead atoms. The Labute approximate surface area is 80.0 Å². The smallest absolute Gasteiger partial charge is 0.250 e. The fourth-order valence-corrected chi connectivity index (χ4v) is 1.65. The van der Waals surface area contributed by atoms with E-state index in [9.17, 15) is 8.78 Å². The monoisotopic (exact) mass is 206 g/mol. The first kappa shape index (κ1) is 10.5.